The van der Waals surface area contributed by atoms with Crippen LogP contribution in [0.3, 0.4) is 0 Å². The van der Waals surface area contributed by atoms with Crippen molar-refractivity contribution in [1.29, 1.82) is 0 Å². The third kappa shape index (κ3) is 4.27. The average Bonchev–Trinajstić information content (AvgIpc) is 3.08. The molecule has 0 saturated carbocycles. The van der Waals surface area contributed by atoms with E-state index in [0.29, 0.717) is 28.7 Å². The molecule has 0 saturated heterocycles. The lowest BCUT2D eigenvalue weighted by molar-refractivity contribution is -0.111. The molecule has 0 atom stereocenters. The van der Waals surface area contributed by atoms with Gasteiger partial charge in [0.15, 0.2) is 23.0 Å². The van der Waals surface area contributed by atoms with E-state index >= 15 is 0 Å². The maximum absolute atomic E-state index is 12.1. The van der Waals surface area contributed by atoms with Crippen LogP contribution in [0.25, 0.3) is 6.08 Å². The Kier molecular flexibility index (Phi) is 5.31. The number of carbonyl (C=O) groups excluding carboxylic acids is 1. The SMILES string of the molecule is COc1cc(/C=C/C(=O)Nc2ccc3c(c2)OCO3)ccc1OC(C)C. The molecule has 3 rings (SSSR count). The Morgan fingerprint density at radius 3 is 2.69 bits per heavy atom. The van der Waals surface area contributed by atoms with Crippen LogP contribution in [0.2, 0.25) is 0 Å². The van der Waals surface area contributed by atoms with E-state index < -0.39 is 0 Å². The van der Waals surface area contributed by atoms with E-state index in [9.17, 15) is 4.79 Å². The Morgan fingerprint density at radius 2 is 1.92 bits per heavy atom. The van der Waals surface area contributed by atoms with Crippen LogP contribution in [0.1, 0.15) is 19.4 Å². The number of fused-ring (bicyclic) bond motifs is 1. The van der Waals surface area contributed by atoms with Gasteiger partial charge in [0.2, 0.25) is 12.7 Å². The van der Waals surface area contributed by atoms with Crippen molar-refractivity contribution < 1.29 is 23.7 Å². The van der Waals surface area contributed by atoms with E-state index in [1.165, 1.54) is 6.08 Å². The number of methoxy groups -OCH3 is 1. The Hall–Kier alpha value is -3.15. The number of hydrogen-bond donors (Lipinski definition) is 1. The van der Waals surface area contributed by atoms with E-state index in [1.807, 2.05) is 32.0 Å². The minimum Gasteiger partial charge on any atom is -0.493 e. The predicted molar refractivity (Wildman–Crippen MR) is 99.0 cm³/mol. The van der Waals surface area contributed by atoms with Crippen molar-refractivity contribution >= 4 is 17.7 Å². The molecule has 1 aliphatic heterocycles. The lowest BCUT2D eigenvalue weighted by Crippen LogP contribution is -2.07. The van der Waals surface area contributed by atoms with Gasteiger partial charge in [-0.1, -0.05) is 6.07 Å². The van der Waals surface area contributed by atoms with Crippen LogP contribution in [-0.4, -0.2) is 25.9 Å². The van der Waals surface area contributed by atoms with Crippen molar-refractivity contribution in [3.05, 3.63) is 48.0 Å². The quantitative estimate of drug-likeness (QED) is 0.797. The molecule has 1 heterocycles. The molecule has 6 nitrogen and oxygen atoms in total. The second kappa shape index (κ2) is 7.82. The van der Waals surface area contributed by atoms with E-state index in [4.69, 9.17) is 18.9 Å². The molecule has 0 radical (unpaired) electrons. The number of anilines is 1. The fourth-order valence-electron chi connectivity index (χ4n) is 2.47. The molecule has 0 spiro atoms. The van der Waals surface area contributed by atoms with Gasteiger partial charge in [0.25, 0.3) is 0 Å². The first kappa shape index (κ1) is 17.7. The van der Waals surface area contributed by atoms with Crippen LogP contribution >= 0.6 is 0 Å². The summed E-state index contributed by atoms with van der Waals surface area (Å²) in [5, 5.41) is 2.79. The molecule has 1 amide bonds. The molecule has 0 aliphatic carbocycles. The van der Waals surface area contributed by atoms with Crippen LogP contribution in [-0.2, 0) is 4.79 Å². The fraction of sp³-hybridized carbons (Fsp3) is 0.250. The van der Waals surface area contributed by atoms with Gasteiger partial charge in [0.1, 0.15) is 0 Å². The summed E-state index contributed by atoms with van der Waals surface area (Å²) in [4.78, 5) is 12.1. The first-order valence-electron chi connectivity index (χ1n) is 8.28. The monoisotopic (exact) mass is 355 g/mol. The van der Waals surface area contributed by atoms with E-state index in [2.05, 4.69) is 5.32 Å². The maximum atomic E-state index is 12.1. The summed E-state index contributed by atoms with van der Waals surface area (Å²) in [6.45, 7) is 4.10. The smallest absolute Gasteiger partial charge is 0.248 e. The highest BCUT2D eigenvalue weighted by molar-refractivity contribution is 6.02. The lowest BCUT2D eigenvalue weighted by atomic mass is 10.2. The molecule has 26 heavy (non-hydrogen) atoms. The van der Waals surface area contributed by atoms with Crippen molar-refractivity contribution in [2.45, 2.75) is 20.0 Å². The number of nitrogens with one attached hydrogen (secondary N) is 1. The van der Waals surface area contributed by atoms with Crippen LogP contribution in [0, 0.1) is 0 Å². The van der Waals surface area contributed by atoms with E-state index in [-0.39, 0.29) is 18.8 Å². The van der Waals surface area contributed by atoms with Gasteiger partial charge in [-0.3, -0.25) is 4.79 Å². The van der Waals surface area contributed by atoms with Crippen LogP contribution in [0.5, 0.6) is 23.0 Å². The zero-order valence-electron chi connectivity index (χ0n) is 14.9. The standard InChI is InChI=1S/C20H21NO5/c1-13(2)26-17-7-4-14(10-18(17)23-3)5-9-20(22)21-15-6-8-16-19(11-15)25-12-24-16/h4-11,13H,12H2,1-3H3,(H,21,22)/b9-5+. The molecule has 0 unspecified atom stereocenters. The Bertz CT molecular complexity index is 829. The molecule has 2 aromatic carbocycles. The summed E-state index contributed by atoms with van der Waals surface area (Å²) in [6, 6.07) is 10.8. The van der Waals surface area contributed by atoms with Crippen molar-refractivity contribution in [2.75, 3.05) is 19.2 Å². The molecular weight excluding hydrogens is 334 g/mol. The summed E-state index contributed by atoms with van der Waals surface area (Å²) in [6.07, 6.45) is 3.23. The summed E-state index contributed by atoms with van der Waals surface area (Å²) in [7, 11) is 1.59. The molecular formula is C20H21NO5. The average molecular weight is 355 g/mol. The van der Waals surface area contributed by atoms with Crippen molar-refractivity contribution in [3.63, 3.8) is 0 Å². The number of carbonyl (C=O) groups is 1. The first-order chi connectivity index (χ1) is 12.5. The number of amides is 1. The third-order valence-corrected chi connectivity index (χ3v) is 3.62. The first-order valence-corrected chi connectivity index (χ1v) is 8.28. The van der Waals surface area contributed by atoms with Gasteiger partial charge in [0.05, 0.1) is 13.2 Å². The van der Waals surface area contributed by atoms with Gasteiger partial charge in [-0.15, -0.1) is 0 Å². The highest BCUT2D eigenvalue weighted by Gasteiger charge is 2.13. The molecule has 136 valence electrons. The minimum absolute atomic E-state index is 0.0535. The van der Waals surface area contributed by atoms with Gasteiger partial charge >= 0.3 is 0 Å². The molecule has 0 aromatic heterocycles. The third-order valence-electron chi connectivity index (χ3n) is 3.62. The van der Waals surface area contributed by atoms with Crippen LogP contribution in [0.15, 0.2) is 42.5 Å². The second-order valence-corrected chi connectivity index (χ2v) is 5.97. The normalized spacial score (nSPS) is 12.5. The summed E-state index contributed by atoms with van der Waals surface area (Å²) < 4.78 is 21.6. The number of ether oxygens (including phenoxy) is 4. The number of hydrogen-bond acceptors (Lipinski definition) is 5. The summed E-state index contributed by atoms with van der Waals surface area (Å²) >= 11 is 0. The molecule has 6 heteroatoms. The predicted octanol–water partition coefficient (Wildman–Crippen LogP) is 3.86. The van der Waals surface area contributed by atoms with Gasteiger partial charge in [-0.2, -0.15) is 0 Å². The number of rotatable bonds is 6. The zero-order valence-corrected chi connectivity index (χ0v) is 14.9. The van der Waals surface area contributed by atoms with Gasteiger partial charge in [0, 0.05) is 17.8 Å². The van der Waals surface area contributed by atoms with E-state index in [0.717, 1.165) is 5.56 Å². The Balaban J connectivity index is 1.66. The maximum Gasteiger partial charge on any atom is 0.248 e. The lowest BCUT2D eigenvalue weighted by Gasteiger charge is -2.13. The largest absolute Gasteiger partial charge is 0.493 e. The van der Waals surface area contributed by atoms with Gasteiger partial charge in [-0.25, -0.2) is 0 Å². The van der Waals surface area contributed by atoms with Gasteiger partial charge < -0.3 is 24.3 Å². The minimum atomic E-state index is -0.245. The van der Waals surface area contributed by atoms with Crippen LogP contribution in [0.4, 0.5) is 5.69 Å². The van der Waals surface area contributed by atoms with Crippen LogP contribution < -0.4 is 24.3 Å². The molecule has 2 aromatic rings. The van der Waals surface area contributed by atoms with Gasteiger partial charge in [-0.05, 0) is 49.8 Å². The van der Waals surface area contributed by atoms with Crippen molar-refractivity contribution in [3.8, 4) is 23.0 Å². The number of benzene rings is 2. The summed E-state index contributed by atoms with van der Waals surface area (Å²) in [5.41, 5.74) is 1.47. The Labute approximate surface area is 152 Å². The molecule has 0 fully saturated rings. The van der Waals surface area contributed by atoms with E-state index in [1.54, 1.807) is 31.4 Å². The van der Waals surface area contributed by atoms with Crippen molar-refractivity contribution in [2.24, 2.45) is 0 Å². The zero-order chi connectivity index (χ0) is 18.5. The second-order valence-electron chi connectivity index (χ2n) is 5.97. The summed E-state index contributed by atoms with van der Waals surface area (Å²) in [5.74, 6) is 2.35. The molecule has 1 aliphatic rings. The Morgan fingerprint density at radius 1 is 1.12 bits per heavy atom. The van der Waals surface area contributed by atoms with Crippen molar-refractivity contribution in [1.82, 2.24) is 0 Å². The molecule has 1 N–H and O–H groups in total. The fourth-order valence-corrected chi connectivity index (χ4v) is 2.47. The highest BCUT2D eigenvalue weighted by Crippen LogP contribution is 2.34. The topological polar surface area (TPSA) is 66.0 Å². The molecule has 0 bridgehead atoms. The highest BCUT2D eigenvalue weighted by atomic mass is 16.7.